The van der Waals surface area contributed by atoms with Crippen molar-refractivity contribution in [1.82, 2.24) is 34.5 Å². The molecule has 0 aliphatic carbocycles. The minimum Gasteiger partial charge on any atom is -0.456 e. The van der Waals surface area contributed by atoms with Crippen molar-refractivity contribution in [2.24, 2.45) is 7.05 Å². The van der Waals surface area contributed by atoms with Crippen molar-refractivity contribution in [1.29, 1.82) is 0 Å². The van der Waals surface area contributed by atoms with Gasteiger partial charge in [0.2, 0.25) is 12.3 Å². The Hall–Kier alpha value is -6.44. The Labute approximate surface area is 343 Å². The number of pyridine rings is 3. The van der Waals surface area contributed by atoms with E-state index in [1.54, 1.807) is 59.8 Å². The summed E-state index contributed by atoms with van der Waals surface area (Å²) >= 11 is 0. The molecule has 2 saturated heterocycles. The number of aryl methyl sites for hydroxylation is 1. The molecule has 2 aromatic carbocycles. The molecule has 0 spiro atoms. The van der Waals surface area contributed by atoms with Gasteiger partial charge < -0.3 is 20.1 Å². The van der Waals surface area contributed by atoms with E-state index in [1.165, 1.54) is 38.0 Å². The lowest BCUT2D eigenvalue weighted by Crippen LogP contribution is -2.46. The quantitative estimate of drug-likeness (QED) is 0.116. The molecule has 2 N–H and O–H groups in total. The fraction of sp³-hybridized carbons (Fsp3) is 0.289. The van der Waals surface area contributed by atoms with Gasteiger partial charge in [-0.1, -0.05) is 18.9 Å². The second-order valence-electron chi connectivity index (χ2n) is 14.0. The van der Waals surface area contributed by atoms with Gasteiger partial charge in [0.1, 0.15) is 23.0 Å². The molecule has 6 heterocycles. The Kier molecular flexibility index (Phi) is 15.9. The molecule has 0 bridgehead atoms. The Morgan fingerprint density at radius 1 is 0.707 bits per heavy atom. The number of aromatic nitrogens is 5. The van der Waals surface area contributed by atoms with Gasteiger partial charge >= 0.3 is 0 Å². The van der Waals surface area contributed by atoms with Crippen LogP contribution >= 0.6 is 0 Å². The third-order valence-corrected chi connectivity index (χ3v) is 9.55. The second-order valence-corrected chi connectivity index (χ2v) is 14.0. The third kappa shape index (κ3) is 13.6. The predicted molar refractivity (Wildman–Crippen MR) is 229 cm³/mol. The van der Waals surface area contributed by atoms with Crippen molar-refractivity contribution in [3.05, 3.63) is 146 Å². The van der Waals surface area contributed by atoms with Gasteiger partial charge in [-0.2, -0.15) is 5.10 Å². The zero-order chi connectivity index (χ0) is 40.2. The summed E-state index contributed by atoms with van der Waals surface area (Å²) in [4.78, 5) is 40.2. The van der Waals surface area contributed by atoms with Gasteiger partial charge in [-0.3, -0.25) is 39.0 Å². The van der Waals surface area contributed by atoms with Gasteiger partial charge in [0, 0.05) is 59.2 Å². The number of nitrogens with one attached hydrogen (secondary N) is 2. The van der Waals surface area contributed by atoms with Crippen LogP contribution in [0.15, 0.2) is 134 Å². The van der Waals surface area contributed by atoms with Crippen molar-refractivity contribution >= 4 is 23.7 Å². The molecular formula is C45H55N9O4. The minimum absolute atomic E-state index is 0. The van der Waals surface area contributed by atoms with Crippen molar-refractivity contribution < 1.29 is 21.9 Å². The largest absolute Gasteiger partial charge is 0.456 e. The molecular weight excluding hydrogens is 731 g/mol. The van der Waals surface area contributed by atoms with Gasteiger partial charge in [0.05, 0.1) is 29.8 Å². The van der Waals surface area contributed by atoms with Crippen LogP contribution in [-0.2, 0) is 29.7 Å². The van der Waals surface area contributed by atoms with Crippen molar-refractivity contribution in [2.45, 2.75) is 57.7 Å². The fourth-order valence-electron chi connectivity index (χ4n) is 6.68. The van der Waals surface area contributed by atoms with E-state index >= 15 is 0 Å². The van der Waals surface area contributed by atoms with E-state index in [0.29, 0.717) is 36.0 Å². The summed E-state index contributed by atoms with van der Waals surface area (Å²) in [5.74, 6) is 2.78. The highest BCUT2D eigenvalue weighted by molar-refractivity contribution is 5.95. The average molecular weight is 786 g/mol. The number of anilines is 2. The molecule has 58 heavy (non-hydrogen) atoms. The molecule has 2 amide bonds. The molecule has 2 aliphatic rings. The predicted octanol–water partition coefficient (Wildman–Crippen LogP) is 8.60. The van der Waals surface area contributed by atoms with Gasteiger partial charge in [-0.25, -0.2) is 0 Å². The number of amides is 2. The molecule has 2 aliphatic heterocycles. The van der Waals surface area contributed by atoms with Crippen LogP contribution in [0.5, 0.6) is 23.0 Å². The van der Waals surface area contributed by atoms with E-state index in [9.17, 15) is 9.59 Å². The van der Waals surface area contributed by atoms with Crippen LogP contribution < -0.4 is 20.1 Å². The number of hydrogen-bond donors (Lipinski definition) is 2. The standard InChI is InChI=1S/C22H25N5O2.C12H10N2O2.C11H16N2.2H2/c1-26-14-11-18(25-26)16-27-13-3-2-6-21(27)22(28)24-17-7-9-19(10-8-17)29-20-5-4-12-23-15-20;15-9-14-10-3-5-11(6-4-10)16-12-2-1-7-13-8-12;1-4-8-13(9-5-1)10-11-6-2-3-7-12-11;;/h4-5,7-12,14-15,21H,2-3,6,13,16H2,1H3,(H,24,28);1-9H,(H,14,15);2-3,6-7H,1,4-5,8-10H2;2*1H/t21-;;;;/m1..../s1. The summed E-state index contributed by atoms with van der Waals surface area (Å²) < 4.78 is 13.1. The van der Waals surface area contributed by atoms with Gasteiger partial charge in [0.25, 0.3) is 0 Å². The molecule has 13 heteroatoms. The first-order chi connectivity index (χ1) is 28.5. The summed E-state index contributed by atoms with van der Waals surface area (Å²) in [6.45, 7) is 5.12. The number of piperidine rings is 2. The Morgan fingerprint density at radius 2 is 1.36 bits per heavy atom. The first-order valence-corrected chi connectivity index (χ1v) is 19.7. The summed E-state index contributed by atoms with van der Waals surface area (Å²) in [6, 6.07) is 29.8. The van der Waals surface area contributed by atoms with Crippen LogP contribution in [0.2, 0.25) is 0 Å². The Balaban J connectivity index is 0.000000216. The zero-order valence-corrected chi connectivity index (χ0v) is 32.9. The maximum atomic E-state index is 12.9. The first-order valence-electron chi connectivity index (χ1n) is 19.7. The summed E-state index contributed by atoms with van der Waals surface area (Å²) in [5.41, 5.74) is 3.68. The number of likely N-dealkylation sites (tertiary alicyclic amines) is 2. The number of ether oxygens (including phenoxy) is 2. The van der Waals surface area contributed by atoms with E-state index in [4.69, 9.17) is 9.47 Å². The smallest absolute Gasteiger partial charge is 0.241 e. The van der Waals surface area contributed by atoms with Crippen LogP contribution in [-0.4, -0.2) is 72.5 Å². The van der Waals surface area contributed by atoms with E-state index < -0.39 is 0 Å². The maximum Gasteiger partial charge on any atom is 0.241 e. The van der Waals surface area contributed by atoms with Crippen LogP contribution in [0.3, 0.4) is 0 Å². The lowest BCUT2D eigenvalue weighted by Gasteiger charge is -2.34. The molecule has 304 valence electrons. The molecule has 0 saturated carbocycles. The van der Waals surface area contributed by atoms with Crippen molar-refractivity contribution in [3.63, 3.8) is 0 Å². The summed E-state index contributed by atoms with van der Waals surface area (Å²) in [5, 5.41) is 10.1. The number of carbonyl (C=O) groups is 2. The number of benzene rings is 2. The van der Waals surface area contributed by atoms with Crippen molar-refractivity contribution in [3.8, 4) is 23.0 Å². The molecule has 2 fully saturated rings. The molecule has 0 radical (unpaired) electrons. The van der Waals surface area contributed by atoms with E-state index in [0.717, 1.165) is 49.4 Å². The highest BCUT2D eigenvalue weighted by Gasteiger charge is 2.29. The lowest BCUT2D eigenvalue weighted by atomic mass is 10.0. The number of carbonyl (C=O) groups excluding carboxylic acids is 2. The van der Waals surface area contributed by atoms with E-state index in [-0.39, 0.29) is 14.8 Å². The molecule has 1 atom stereocenters. The van der Waals surface area contributed by atoms with Crippen LogP contribution in [0.1, 0.15) is 52.8 Å². The molecule has 6 aromatic rings. The first kappa shape index (κ1) is 41.2. The van der Waals surface area contributed by atoms with Gasteiger partial charge in [-0.05, 0) is 136 Å². The Bertz CT molecular complexity index is 2090. The van der Waals surface area contributed by atoms with Gasteiger partial charge in [0.15, 0.2) is 0 Å². The third-order valence-electron chi connectivity index (χ3n) is 9.55. The highest BCUT2D eigenvalue weighted by atomic mass is 16.5. The summed E-state index contributed by atoms with van der Waals surface area (Å²) in [7, 11) is 1.91. The highest BCUT2D eigenvalue weighted by Crippen LogP contribution is 2.25. The molecule has 0 unspecified atom stereocenters. The Morgan fingerprint density at radius 3 is 1.93 bits per heavy atom. The number of nitrogens with zero attached hydrogens (tertiary/aromatic N) is 7. The van der Waals surface area contributed by atoms with E-state index in [2.05, 4.69) is 52.6 Å². The molecule has 13 nitrogen and oxygen atoms in total. The topological polar surface area (TPSA) is 140 Å². The molecule has 4 aromatic heterocycles. The van der Waals surface area contributed by atoms with Crippen molar-refractivity contribution in [2.75, 3.05) is 30.3 Å². The molecule has 8 rings (SSSR count). The van der Waals surface area contributed by atoms with E-state index in [1.807, 2.05) is 74.0 Å². The maximum absolute atomic E-state index is 12.9. The van der Waals surface area contributed by atoms with Crippen LogP contribution in [0, 0.1) is 0 Å². The SMILES string of the molecule is Cn1ccc(CN2CCCC[C@@H]2C(=O)Nc2ccc(Oc3cccnc3)cc2)n1.O=CNc1ccc(Oc2cccnc2)cc1.[HH].[HH].c1ccc(CN2CCCCC2)nc1. The monoisotopic (exact) mass is 785 g/mol. The zero-order valence-electron chi connectivity index (χ0n) is 32.9. The fourth-order valence-corrected chi connectivity index (χ4v) is 6.68. The number of hydrogen-bond acceptors (Lipinski definition) is 10. The normalized spacial score (nSPS) is 15.4. The summed E-state index contributed by atoms with van der Waals surface area (Å²) in [6.07, 6.45) is 18.3. The minimum atomic E-state index is -0.142. The average Bonchev–Trinajstić information content (AvgIpc) is 3.68. The van der Waals surface area contributed by atoms with Gasteiger partial charge in [-0.15, -0.1) is 0 Å². The van der Waals surface area contributed by atoms with Crippen LogP contribution in [0.25, 0.3) is 0 Å². The number of rotatable bonds is 12. The lowest BCUT2D eigenvalue weighted by molar-refractivity contribution is -0.122. The second kappa shape index (κ2) is 22.3. The van der Waals surface area contributed by atoms with Crippen LogP contribution in [0.4, 0.5) is 11.4 Å².